The van der Waals surface area contributed by atoms with Gasteiger partial charge < -0.3 is 15.1 Å². The highest BCUT2D eigenvalue weighted by molar-refractivity contribution is 6.05. The van der Waals surface area contributed by atoms with E-state index in [4.69, 9.17) is 0 Å². The zero-order valence-electron chi connectivity index (χ0n) is 15.4. The van der Waals surface area contributed by atoms with Gasteiger partial charge in [-0.05, 0) is 62.6 Å². The minimum atomic E-state index is -0.225. The summed E-state index contributed by atoms with van der Waals surface area (Å²) in [4.78, 5) is 16.6. The number of amides is 1. The summed E-state index contributed by atoms with van der Waals surface area (Å²) in [6, 6.07) is 13.1. The second kappa shape index (κ2) is 6.31. The van der Waals surface area contributed by atoms with Gasteiger partial charge >= 0.3 is 0 Å². The monoisotopic (exact) mass is 353 g/mol. The normalized spacial score (nSPS) is 20.8. The number of likely N-dealkylation sites (N-methyl/N-ethyl adjacent to an activating group) is 1. The van der Waals surface area contributed by atoms with E-state index in [-0.39, 0.29) is 23.8 Å². The lowest BCUT2D eigenvalue weighted by atomic mass is 10.1. The predicted molar refractivity (Wildman–Crippen MR) is 103 cm³/mol. The average Bonchev–Trinajstić information content (AvgIpc) is 3.45. The lowest BCUT2D eigenvalue weighted by Crippen LogP contribution is -2.51. The maximum absolute atomic E-state index is 13.1. The molecule has 0 bridgehead atoms. The molecule has 2 aromatic rings. The van der Waals surface area contributed by atoms with Gasteiger partial charge in [0.2, 0.25) is 5.91 Å². The quantitative estimate of drug-likeness (QED) is 0.888. The Hall–Kier alpha value is -2.56. The SMILES string of the molecule is CC(Nc1ccc2c(c1)N(C1CC1)C(C)C(=O)N2C)c1ccc(F)cc1. The van der Waals surface area contributed by atoms with E-state index in [2.05, 4.69) is 23.2 Å². The highest BCUT2D eigenvalue weighted by atomic mass is 19.1. The molecular weight excluding hydrogens is 329 g/mol. The summed E-state index contributed by atoms with van der Waals surface area (Å²) in [6.07, 6.45) is 2.29. The van der Waals surface area contributed by atoms with Crippen LogP contribution in [0.5, 0.6) is 0 Å². The Labute approximate surface area is 153 Å². The molecule has 1 amide bonds. The second-order valence-electron chi connectivity index (χ2n) is 7.33. The lowest BCUT2D eigenvalue weighted by molar-refractivity contribution is -0.119. The van der Waals surface area contributed by atoms with E-state index < -0.39 is 0 Å². The van der Waals surface area contributed by atoms with Crippen LogP contribution in [0.15, 0.2) is 42.5 Å². The van der Waals surface area contributed by atoms with Crippen molar-refractivity contribution in [3.8, 4) is 0 Å². The van der Waals surface area contributed by atoms with Crippen molar-refractivity contribution < 1.29 is 9.18 Å². The van der Waals surface area contributed by atoms with Crippen LogP contribution in [0.3, 0.4) is 0 Å². The van der Waals surface area contributed by atoms with E-state index in [1.165, 1.54) is 12.1 Å². The molecular formula is C21H24FN3O. The van der Waals surface area contributed by atoms with Crippen molar-refractivity contribution in [1.29, 1.82) is 0 Å². The first-order valence-electron chi connectivity index (χ1n) is 9.17. The van der Waals surface area contributed by atoms with Crippen LogP contribution in [0, 0.1) is 5.82 Å². The van der Waals surface area contributed by atoms with E-state index >= 15 is 0 Å². The van der Waals surface area contributed by atoms with Gasteiger partial charge in [-0.1, -0.05) is 12.1 Å². The predicted octanol–water partition coefficient (Wildman–Crippen LogP) is 4.33. The number of carbonyl (C=O) groups is 1. The molecule has 26 heavy (non-hydrogen) atoms. The van der Waals surface area contributed by atoms with Crippen LogP contribution < -0.4 is 15.1 Å². The molecule has 1 fully saturated rings. The smallest absolute Gasteiger partial charge is 0.249 e. The Morgan fingerprint density at radius 3 is 2.46 bits per heavy atom. The fourth-order valence-corrected chi connectivity index (χ4v) is 3.78. The first kappa shape index (κ1) is 16.9. The molecule has 0 radical (unpaired) electrons. The summed E-state index contributed by atoms with van der Waals surface area (Å²) in [5.41, 5.74) is 4.10. The Kier molecular flexibility index (Phi) is 4.10. The maximum Gasteiger partial charge on any atom is 0.249 e. The van der Waals surface area contributed by atoms with Crippen molar-refractivity contribution in [3.63, 3.8) is 0 Å². The first-order chi connectivity index (χ1) is 12.5. The molecule has 0 aromatic heterocycles. The second-order valence-corrected chi connectivity index (χ2v) is 7.33. The fraction of sp³-hybridized carbons (Fsp3) is 0.381. The molecule has 0 spiro atoms. The topological polar surface area (TPSA) is 35.6 Å². The highest BCUT2D eigenvalue weighted by Crippen LogP contribution is 2.43. The summed E-state index contributed by atoms with van der Waals surface area (Å²) in [6.45, 7) is 4.05. The van der Waals surface area contributed by atoms with E-state index in [1.54, 1.807) is 17.0 Å². The Morgan fingerprint density at radius 1 is 1.12 bits per heavy atom. The Balaban J connectivity index is 1.63. The van der Waals surface area contributed by atoms with Crippen LogP contribution in [-0.2, 0) is 4.79 Å². The first-order valence-corrected chi connectivity index (χ1v) is 9.17. The van der Waals surface area contributed by atoms with Crippen LogP contribution in [0.1, 0.15) is 38.3 Å². The van der Waals surface area contributed by atoms with E-state index in [1.807, 2.05) is 26.1 Å². The van der Waals surface area contributed by atoms with Gasteiger partial charge in [-0.25, -0.2) is 4.39 Å². The molecule has 2 aliphatic rings. The van der Waals surface area contributed by atoms with Crippen molar-refractivity contribution in [2.75, 3.05) is 22.2 Å². The molecule has 1 heterocycles. The van der Waals surface area contributed by atoms with Crippen molar-refractivity contribution in [3.05, 3.63) is 53.8 Å². The number of benzene rings is 2. The summed E-state index contributed by atoms with van der Waals surface area (Å²) in [5, 5.41) is 3.50. The molecule has 4 nitrogen and oxygen atoms in total. The minimum Gasteiger partial charge on any atom is -0.378 e. The molecule has 1 aliphatic heterocycles. The maximum atomic E-state index is 13.1. The number of carbonyl (C=O) groups excluding carboxylic acids is 1. The number of nitrogens with one attached hydrogen (secondary N) is 1. The van der Waals surface area contributed by atoms with Gasteiger partial charge in [0.1, 0.15) is 11.9 Å². The third kappa shape index (κ3) is 2.91. The van der Waals surface area contributed by atoms with Crippen LogP contribution in [0.25, 0.3) is 0 Å². The van der Waals surface area contributed by atoms with E-state index in [9.17, 15) is 9.18 Å². The molecule has 1 saturated carbocycles. The molecule has 2 aromatic carbocycles. The third-order valence-electron chi connectivity index (χ3n) is 5.41. The van der Waals surface area contributed by atoms with Crippen LogP contribution in [0.4, 0.5) is 21.5 Å². The van der Waals surface area contributed by atoms with Crippen molar-refractivity contribution in [1.82, 2.24) is 0 Å². The number of anilines is 3. The molecule has 136 valence electrons. The Bertz CT molecular complexity index is 832. The van der Waals surface area contributed by atoms with Crippen molar-refractivity contribution in [2.24, 2.45) is 0 Å². The Morgan fingerprint density at radius 2 is 1.81 bits per heavy atom. The molecule has 5 heteroatoms. The van der Waals surface area contributed by atoms with Gasteiger partial charge in [0.25, 0.3) is 0 Å². The molecule has 2 atom stereocenters. The van der Waals surface area contributed by atoms with Gasteiger partial charge in [0, 0.05) is 24.8 Å². The largest absolute Gasteiger partial charge is 0.378 e. The molecule has 1 N–H and O–H groups in total. The summed E-state index contributed by atoms with van der Waals surface area (Å²) < 4.78 is 13.1. The number of fused-ring (bicyclic) bond motifs is 1. The lowest BCUT2D eigenvalue weighted by Gasteiger charge is -2.41. The number of hydrogen-bond donors (Lipinski definition) is 1. The molecule has 0 saturated heterocycles. The van der Waals surface area contributed by atoms with Gasteiger partial charge in [-0.15, -0.1) is 0 Å². The highest BCUT2D eigenvalue weighted by Gasteiger charge is 2.41. The number of rotatable bonds is 4. The van der Waals surface area contributed by atoms with E-state index in [0.717, 1.165) is 35.5 Å². The van der Waals surface area contributed by atoms with Crippen LogP contribution >= 0.6 is 0 Å². The third-order valence-corrected chi connectivity index (χ3v) is 5.41. The minimum absolute atomic E-state index is 0.0587. The van der Waals surface area contributed by atoms with Crippen molar-refractivity contribution >= 4 is 23.0 Å². The van der Waals surface area contributed by atoms with Gasteiger partial charge in [0.05, 0.1) is 11.4 Å². The molecule has 1 aliphatic carbocycles. The standard InChI is InChI=1S/C21H24FN3O/c1-13(15-4-6-16(22)7-5-15)23-17-8-11-19-20(12-17)25(18-9-10-18)14(2)21(26)24(19)3/h4-8,11-14,18,23H,9-10H2,1-3H3. The average molecular weight is 353 g/mol. The van der Waals surface area contributed by atoms with Gasteiger partial charge in [-0.3, -0.25) is 4.79 Å². The van der Waals surface area contributed by atoms with Crippen molar-refractivity contribution in [2.45, 2.75) is 44.8 Å². The number of nitrogens with zero attached hydrogens (tertiary/aromatic N) is 2. The van der Waals surface area contributed by atoms with E-state index in [0.29, 0.717) is 6.04 Å². The molecule has 4 rings (SSSR count). The summed E-state index contributed by atoms with van der Waals surface area (Å²) in [5.74, 6) is -0.0821. The van der Waals surface area contributed by atoms with Crippen LogP contribution in [0.2, 0.25) is 0 Å². The zero-order valence-corrected chi connectivity index (χ0v) is 15.4. The fourth-order valence-electron chi connectivity index (χ4n) is 3.78. The summed E-state index contributed by atoms with van der Waals surface area (Å²) in [7, 11) is 1.84. The molecule has 2 unspecified atom stereocenters. The van der Waals surface area contributed by atoms with Crippen LogP contribution in [-0.4, -0.2) is 25.0 Å². The zero-order chi connectivity index (χ0) is 18.4. The van der Waals surface area contributed by atoms with Gasteiger partial charge in [0.15, 0.2) is 0 Å². The summed E-state index contributed by atoms with van der Waals surface area (Å²) >= 11 is 0. The van der Waals surface area contributed by atoms with Gasteiger partial charge in [-0.2, -0.15) is 0 Å². The number of hydrogen-bond acceptors (Lipinski definition) is 3. The number of halogens is 1.